The number of carbonyl (C=O) groups is 1. The van der Waals surface area contributed by atoms with Gasteiger partial charge in [0.1, 0.15) is 0 Å². The Kier molecular flexibility index (Phi) is 5.68. The summed E-state index contributed by atoms with van der Waals surface area (Å²) in [6, 6.07) is 0.284. The molecule has 0 aromatic heterocycles. The summed E-state index contributed by atoms with van der Waals surface area (Å²) < 4.78 is 0. The van der Waals surface area contributed by atoms with Gasteiger partial charge in [0.25, 0.3) is 0 Å². The first-order chi connectivity index (χ1) is 9.70. The van der Waals surface area contributed by atoms with Crippen molar-refractivity contribution in [3.05, 3.63) is 0 Å². The Labute approximate surface area is 121 Å². The SMILES string of the molecule is NC(CN(C(=O)CC1CCCCC1)C1CCCC1)=NO. The Hall–Kier alpha value is -1.26. The third kappa shape index (κ3) is 4.12. The molecule has 2 aliphatic rings. The Morgan fingerprint density at radius 3 is 2.30 bits per heavy atom. The first-order valence-electron chi connectivity index (χ1n) is 7.96. The first-order valence-corrected chi connectivity index (χ1v) is 7.96. The lowest BCUT2D eigenvalue weighted by Crippen LogP contribution is -2.44. The van der Waals surface area contributed by atoms with Crippen molar-refractivity contribution in [3.63, 3.8) is 0 Å². The highest BCUT2D eigenvalue weighted by Gasteiger charge is 2.29. The molecule has 0 spiro atoms. The van der Waals surface area contributed by atoms with Crippen molar-refractivity contribution >= 4 is 11.7 Å². The van der Waals surface area contributed by atoms with Crippen LogP contribution in [0.3, 0.4) is 0 Å². The van der Waals surface area contributed by atoms with Gasteiger partial charge in [-0.3, -0.25) is 4.79 Å². The molecule has 2 saturated carbocycles. The summed E-state index contributed by atoms with van der Waals surface area (Å²) >= 11 is 0. The fourth-order valence-corrected chi connectivity index (χ4v) is 3.60. The van der Waals surface area contributed by atoms with E-state index >= 15 is 0 Å². The second kappa shape index (κ2) is 7.50. The smallest absolute Gasteiger partial charge is 0.223 e. The zero-order valence-corrected chi connectivity index (χ0v) is 12.3. The molecule has 5 heteroatoms. The van der Waals surface area contributed by atoms with Crippen molar-refractivity contribution in [2.45, 2.75) is 70.3 Å². The number of nitrogens with zero attached hydrogens (tertiary/aromatic N) is 2. The fraction of sp³-hybridized carbons (Fsp3) is 0.867. The molecule has 1 amide bonds. The van der Waals surface area contributed by atoms with Crippen LogP contribution in [0.2, 0.25) is 0 Å². The summed E-state index contributed by atoms with van der Waals surface area (Å²) in [6.07, 6.45) is 11.2. The largest absolute Gasteiger partial charge is 0.409 e. The minimum absolute atomic E-state index is 0.133. The Balaban J connectivity index is 1.94. The Bertz CT molecular complexity index is 345. The van der Waals surface area contributed by atoms with Crippen molar-refractivity contribution in [1.29, 1.82) is 0 Å². The predicted octanol–water partition coefficient (Wildman–Crippen LogP) is 2.47. The zero-order valence-electron chi connectivity index (χ0n) is 12.3. The molecule has 0 aromatic rings. The van der Waals surface area contributed by atoms with Crippen LogP contribution in [0, 0.1) is 5.92 Å². The average Bonchev–Trinajstić information content (AvgIpc) is 2.99. The molecule has 0 aromatic carbocycles. The monoisotopic (exact) mass is 281 g/mol. The van der Waals surface area contributed by atoms with Crippen molar-refractivity contribution < 1.29 is 10.0 Å². The molecule has 0 unspecified atom stereocenters. The molecule has 0 atom stereocenters. The summed E-state index contributed by atoms with van der Waals surface area (Å²) in [7, 11) is 0. The maximum absolute atomic E-state index is 12.6. The van der Waals surface area contributed by atoms with E-state index in [1.54, 1.807) is 0 Å². The Morgan fingerprint density at radius 1 is 1.10 bits per heavy atom. The summed E-state index contributed by atoms with van der Waals surface area (Å²) in [5.41, 5.74) is 5.62. The fourth-order valence-electron chi connectivity index (χ4n) is 3.60. The van der Waals surface area contributed by atoms with Gasteiger partial charge in [-0.15, -0.1) is 0 Å². The van der Waals surface area contributed by atoms with Gasteiger partial charge in [-0.25, -0.2) is 0 Å². The van der Waals surface area contributed by atoms with Crippen LogP contribution in [-0.4, -0.2) is 34.4 Å². The number of rotatable bonds is 5. The lowest BCUT2D eigenvalue weighted by Gasteiger charge is -2.31. The molecule has 0 heterocycles. The molecule has 2 aliphatic carbocycles. The van der Waals surface area contributed by atoms with Crippen molar-refractivity contribution in [2.75, 3.05) is 6.54 Å². The average molecular weight is 281 g/mol. The normalized spacial score (nSPS) is 22.1. The number of oxime groups is 1. The van der Waals surface area contributed by atoms with E-state index in [2.05, 4.69) is 5.16 Å². The van der Waals surface area contributed by atoms with Crippen molar-refractivity contribution in [2.24, 2.45) is 16.8 Å². The van der Waals surface area contributed by atoms with E-state index in [-0.39, 0.29) is 24.3 Å². The maximum Gasteiger partial charge on any atom is 0.223 e. The van der Waals surface area contributed by atoms with Gasteiger partial charge in [-0.05, 0) is 31.6 Å². The van der Waals surface area contributed by atoms with Gasteiger partial charge in [0.15, 0.2) is 5.84 Å². The van der Waals surface area contributed by atoms with Crippen molar-refractivity contribution in [3.8, 4) is 0 Å². The first kappa shape index (κ1) is 15.1. The lowest BCUT2D eigenvalue weighted by molar-refractivity contribution is -0.133. The van der Waals surface area contributed by atoms with E-state index in [1.807, 2.05) is 4.90 Å². The molecule has 0 radical (unpaired) electrons. The lowest BCUT2D eigenvalue weighted by atomic mass is 9.86. The molecule has 5 nitrogen and oxygen atoms in total. The van der Waals surface area contributed by atoms with E-state index < -0.39 is 0 Å². The molecular weight excluding hydrogens is 254 g/mol. The maximum atomic E-state index is 12.6. The van der Waals surface area contributed by atoms with E-state index in [4.69, 9.17) is 10.9 Å². The molecule has 20 heavy (non-hydrogen) atoms. The van der Waals surface area contributed by atoms with E-state index in [0.29, 0.717) is 12.3 Å². The van der Waals surface area contributed by atoms with Crippen LogP contribution in [0.25, 0.3) is 0 Å². The van der Waals surface area contributed by atoms with Crippen LogP contribution in [-0.2, 0) is 4.79 Å². The molecular formula is C15H27N3O2. The van der Waals surface area contributed by atoms with Crippen molar-refractivity contribution in [1.82, 2.24) is 4.90 Å². The standard InChI is InChI=1S/C15H27N3O2/c16-14(17-20)11-18(13-8-4-5-9-13)15(19)10-12-6-2-1-3-7-12/h12-13,20H,1-11H2,(H2,16,17). The molecule has 2 rings (SSSR count). The number of amidine groups is 1. The minimum Gasteiger partial charge on any atom is -0.409 e. The zero-order chi connectivity index (χ0) is 14.4. The van der Waals surface area contributed by atoms with Gasteiger partial charge in [0.2, 0.25) is 5.91 Å². The van der Waals surface area contributed by atoms with E-state index in [0.717, 1.165) is 12.8 Å². The molecule has 114 valence electrons. The third-order valence-corrected chi connectivity index (χ3v) is 4.73. The number of amides is 1. The molecule has 0 saturated heterocycles. The number of hydrogen-bond acceptors (Lipinski definition) is 3. The highest BCUT2D eigenvalue weighted by molar-refractivity contribution is 5.87. The summed E-state index contributed by atoms with van der Waals surface area (Å²) in [5, 5.41) is 11.8. The van der Waals surface area contributed by atoms with Crippen LogP contribution < -0.4 is 5.73 Å². The number of nitrogens with two attached hydrogens (primary N) is 1. The Morgan fingerprint density at radius 2 is 1.70 bits per heavy atom. The van der Waals surface area contributed by atoms with Crippen LogP contribution in [0.15, 0.2) is 5.16 Å². The highest BCUT2D eigenvalue weighted by Crippen LogP contribution is 2.29. The topological polar surface area (TPSA) is 78.9 Å². The summed E-state index contributed by atoms with van der Waals surface area (Å²) in [6.45, 7) is 0.271. The van der Waals surface area contributed by atoms with Gasteiger partial charge in [0.05, 0.1) is 6.54 Å². The number of carbonyl (C=O) groups excluding carboxylic acids is 1. The summed E-state index contributed by atoms with van der Waals surface area (Å²) in [4.78, 5) is 14.4. The highest BCUT2D eigenvalue weighted by atomic mass is 16.4. The van der Waals surface area contributed by atoms with Crippen LogP contribution >= 0.6 is 0 Å². The van der Waals surface area contributed by atoms with Crippen LogP contribution in [0.1, 0.15) is 64.2 Å². The van der Waals surface area contributed by atoms with Gasteiger partial charge in [-0.1, -0.05) is 37.3 Å². The van der Waals surface area contributed by atoms with E-state index in [9.17, 15) is 4.79 Å². The molecule has 3 N–H and O–H groups in total. The second-order valence-electron chi connectivity index (χ2n) is 6.26. The van der Waals surface area contributed by atoms with Crippen LogP contribution in [0.5, 0.6) is 0 Å². The minimum atomic E-state index is 0.133. The van der Waals surface area contributed by atoms with Gasteiger partial charge >= 0.3 is 0 Å². The van der Waals surface area contributed by atoms with Gasteiger partial charge < -0.3 is 15.8 Å². The van der Waals surface area contributed by atoms with Gasteiger partial charge in [-0.2, -0.15) is 0 Å². The third-order valence-electron chi connectivity index (χ3n) is 4.73. The summed E-state index contributed by atoms with van der Waals surface area (Å²) in [5.74, 6) is 0.858. The predicted molar refractivity (Wildman–Crippen MR) is 78.6 cm³/mol. The van der Waals surface area contributed by atoms with Crippen LogP contribution in [0.4, 0.5) is 0 Å². The number of hydrogen-bond donors (Lipinski definition) is 2. The van der Waals surface area contributed by atoms with Gasteiger partial charge in [0, 0.05) is 12.5 Å². The second-order valence-corrected chi connectivity index (χ2v) is 6.26. The quantitative estimate of drug-likeness (QED) is 0.352. The molecule has 0 bridgehead atoms. The molecule has 0 aliphatic heterocycles. The molecule has 2 fully saturated rings. The van der Waals surface area contributed by atoms with E-state index in [1.165, 1.54) is 44.9 Å².